The Kier molecular flexibility index (Phi) is 6.30. The Bertz CT molecular complexity index is 748. The minimum atomic E-state index is -0.732. The van der Waals surface area contributed by atoms with Crippen LogP contribution in [0.3, 0.4) is 0 Å². The molecule has 4 amide bonds. The molecule has 3 rings (SSSR count). The molecule has 158 valence electrons. The van der Waals surface area contributed by atoms with Crippen LogP contribution in [0.25, 0.3) is 0 Å². The van der Waals surface area contributed by atoms with Crippen molar-refractivity contribution in [1.82, 2.24) is 15.5 Å². The summed E-state index contributed by atoms with van der Waals surface area (Å²) in [5, 5.41) is 6.00. The van der Waals surface area contributed by atoms with Crippen LogP contribution in [0.2, 0.25) is 0 Å². The molecular weight excluding hydrogens is 366 g/mol. The molecule has 1 aliphatic heterocycles. The Balaban J connectivity index is 1.60. The van der Waals surface area contributed by atoms with Crippen molar-refractivity contribution in [3.05, 3.63) is 35.9 Å². The Hall–Kier alpha value is -2.37. The summed E-state index contributed by atoms with van der Waals surface area (Å²) in [6.07, 6.45) is 5.31. The number of carbonyl (C=O) groups excluding carboxylic acids is 3. The van der Waals surface area contributed by atoms with Gasteiger partial charge in [-0.3, -0.25) is 14.5 Å². The largest absolute Gasteiger partial charge is 0.349 e. The minimum Gasteiger partial charge on any atom is -0.349 e. The molecule has 2 N–H and O–H groups in total. The van der Waals surface area contributed by atoms with Crippen LogP contribution < -0.4 is 10.6 Å². The summed E-state index contributed by atoms with van der Waals surface area (Å²) in [4.78, 5) is 39.1. The predicted molar refractivity (Wildman–Crippen MR) is 112 cm³/mol. The number of carbonyl (C=O) groups is 3. The standard InChI is InChI=1S/C23H33N3O3/c1-22(2,3)16-18(17-10-6-4-7-11-17)24-19(27)12-15-26-20(28)23(25-21(26)29)13-8-5-9-14-23/h4,6-7,10-11,18H,5,8-9,12-16H2,1-3H3,(H,24,27)(H,25,29). The summed E-state index contributed by atoms with van der Waals surface area (Å²) in [7, 11) is 0. The summed E-state index contributed by atoms with van der Waals surface area (Å²) in [6.45, 7) is 6.55. The maximum atomic E-state index is 12.8. The minimum absolute atomic E-state index is 0.0476. The first-order valence-corrected chi connectivity index (χ1v) is 10.7. The number of benzene rings is 1. The van der Waals surface area contributed by atoms with E-state index in [0.29, 0.717) is 12.8 Å². The van der Waals surface area contributed by atoms with Crippen LogP contribution in [0.15, 0.2) is 30.3 Å². The van der Waals surface area contributed by atoms with E-state index in [-0.39, 0.29) is 42.3 Å². The fourth-order valence-electron chi connectivity index (χ4n) is 4.40. The number of rotatable bonds is 6. The van der Waals surface area contributed by atoms with Crippen molar-refractivity contribution in [3.8, 4) is 0 Å². The number of nitrogens with zero attached hydrogens (tertiary/aromatic N) is 1. The van der Waals surface area contributed by atoms with Gasteiger partial charge in [0.2, 0.25) is 5.91 Å². The number of imide groups is 1. The Morgan fingerprint density at radius 1 is 1.14 bits per heavy atom. The lowest BCUT2D eigenvalue weighted by atomic mass is 9.82. The van der Waals surface area contributed by atoms with Crippen LogP contribution in [0.5, 0.6) is 0 Å². The molecule has 1 atom stereocenters. The molecular formula is C23H33N3O3. The van der Waals surface area contributed by atoms with Gasteiger partial charge < -0.3 is 10.6 Å². The van der Waals surface area contributed by atoms with E-state index in [2.05, 4.69) is 31.4 Å². The molecule has 1 unspecified atom stereocenters. The maximum Gasteiger partial charge on any atom is 0.325 e. The van der Waals surface area contributed by atoms with Gasteiger partial charge in [0.25, 0.3) is 5.91 Å². The van der Waals surface area contributed by atoms with E-state index in [1.54, 1.807) is 0 Å². The zero-order chi connectivity index (χ0) is 21.1. The third-order valence-electron chi connectivity index (χ3n) is 5.87. The van der Waals surface area contributed by atoms with Crippen LogP contribution in [0, 0.1) is 5.41 Å². The number of hydrogen-bond acceptors (Lipinski definition) is 3. The van der Waals surface area contributed by atoms with Crippen molar-refractivity contribution in [3.63, 3.8) is 0 Å². The van der Waals surface area contributed by atoms with Gasteiger partial charge in [-0.15, -0.1) is 0 Å². The molecule has 0 radical (unpaired) electrons. The average Bonchev–Trinajstić information content (AvgIpc) is 2.89. The van der Waals surface area contributed by atoms with Crippen LogP contribution in [-0.2, 0) is 9.59 Å². The molecule has 1 aliphatic carbocycles. The van der Waals surface area contributed by atoms with E-state index in [9.17, 15) is 14.4 Å². The monoisotopic (exact) mass is 399 g/mol. The second-order valence-corrected chi connectivity index (χ2v) is 9.58. The molecule has 0 bridgehead atoms. The lowest BCUT2D eigenvalue weighted by Gasteiger charge is -2.30. The van der Waals surface area contributed by atoms with E-state index < -0.39 is 5.54 Å². The highest BCUT2D eigenvalue weighted by atomic mass is 16.2. The molecule has 29 heavy (non-hydrogen) atoms. The van der Waals surface area contributed by atoms with Gasteiger partial charge in [0, 0.05) is 13.0 Å². The predicted octanol–water partition coefficient (Wildman–Crippen LogP) is 3.92. The first-order chi connectivity index (χ1) is 13.7. The molecule has 2 aliphatic rings. The smallest absolute Gasteiger partial charge is 0.325 e. The first kappa shape index (κ1) is 21.3. The summed E-state index contributed by atoms with van der Waals surface area (Å²) in [5.41, 5.74) is 0.378. The fourth-order valence-corrected chi connectivity index (χ4v) is 4.40. The Morgan fingerprint density at radius 2 is 1.79 bits per heavy atom. The molecule has 1 aromatic carbocycles. The second kappa shape index (κ2) is 8.56. The van der Waals surface area contributed by atoms with Gasteiger partial charge in [-0.1, -0.05) is 70.4 Å². The van der Waals surface area contributed by atoms with Gasteiger partial charge in [0.15, 0.2) is 0 Å². The van der Waals surface area contributed by atoms with E-state index >= 15 is 0 Å². The van der Waals surface area contributed by atoms with Crippen molar-refractivity contribution in [2.45, 2.75) is 77.3 Å². The highest BCUT2D eigenvalue weighted by Gasteiger charge is 2.51. The third kappa shape index (κ3) is 5.17. The highest BCUT2D eigenvalue weighted by molar-refractivity contribution is 6.07. The quantitative estimate of drug-likeness (QED) is 0.712. The van der Waals surface area contributed by atoms with Crippen LogP contribution >= 0.6 is 0 Å². The molecule has 2 fully saturated rings. The van der Waals surface area contributed by atoms with E-state index in [0.717, 1.165) is 31.2 Å². The van der Waals surface area contributed by atoms with Crippen molar-refractivity contribution in [2.24, 2.45) is 5.41 Å². The van der Waals surface area contributed by atoms with Gasteiger partial charge in [-0.25, -0.2) is 4.79 Å². The number of nitrogens with one attached hydrogen (secondary N) is 2. The van der Waals surface area contributed by atoms with E-state index in [1.807, 2.05) is 30.3 Å². The van der Waals surface area contributed by atoms with Gasteiger partial charge in [-0.2, -0.15) is 0 Å². The summed E-state index contributed by atoms with van der Waals surface area (Å²) in [6, 6.07) is 9.46. The lowest BCUT2D eigenvalue weighted by Crippen LogP contribution is -2.48. The lowest BCUT2D eigenvalue weighted by molar-refractivity contribution is -0.132. The summed E-state index contributed by atoms with van der Waals surface area (Å²) in [5.74, 6) is -0.308. The van der Waals surface area contributed by atoms with Gasteiger partial charge >= 0.3 is 6.03 Å². The van der Waals surface area contributed by atoms with Gasteiger partial charge in [0.1, 0.15) is 5.54 Å². The van der Waals surface area contributed by atoms with Crippen LogP contribution in [0.4, 0.5) is 4.79 Å². The summed E-state index contributed by atoms with van der Waals surface area (Å²) >= 11 is 0. The molecule has 1 saturated carbocycles. The maximum absolute atomic E-state index is 12.8. The van der Waals surface area contributed by atoms with Crippen LogP contribution in [0.1, 0.15) is 77.3 Å². The van der Waals surface area contributed by atoms with Gasteiger partial charge in [-0.05, 0) is 30.2 Å². The fraction of sp³-hybridized carbons (Fsp3) is 0.609. The topological polar surface area (TPSA) is 78.5 Å². The average molecular weight is 400 g/mol. The molecule has 1 heterocycles. The SMILES string of the molecule is CC(C)(C)CC(NC(=O)CCN1C(=O)NC2(CCCCC2)C1=O)c1ccccc1. The Morgan fingerprint density at radius 3 is 2.41 bits per heavy atom. The highest BCUT2D eigenvalue weighted by Crippen LogP contribution is 2.34. The molecule has 1 aromatic rings. The number of urea groups is 1. The van der Waals surface area contributed by atoms with Crippen molar-refractivity contribution < 1.29 is 14.4 Å². The normalized spacial score (nSPS) is 19.9. The zero-order valence-electron chi connectivity index (χ0n) is 17.8. The van der Waals surface area contributed by atoms with Crippen molar-refractivity contribution in [1.29, 1.82) is 0 Å². The molecule has 0 aromatic heterocycles. The molecule has 1 spiro atoms. The molecule has 6 heteroatoms. The van der Waals surface area contributed by atoms with E-state index in [4.69, 9.17) is 0 Å². The van der Waals surface area contributed by atoms with E-state index in [1.165, 1.54) is 4.90 Å². The van der Waals surface area contributed by atoms with Gasteiger partial charge in [0.05, 0.1) is 6.04 Å². The molecule has 1 saturated heterocycles. The first-order valence-electron chi connectivity index (χ1n) is 10.7. The van der Waals surface area contributed by atoms with Crippen LogP contribution in [-0.4, -0.2) is 34.8 Å². The van der Waals surface area contributed by atoms with Crippen molar-refractivity contribution in [2.75, 3.05) is 6.54 Å². The third-order valence-corrected chi connectivity index (χ3v) is 5.87. The number of amides is 4. The number of hydrogen-bond donors (Lipinski definition) is 2. The zero-order valence-corrected chi connectivity index (χ0v) is 17.8. The molecule has 6 nitrogen and oxygen atoms in total. The second-order valence-electron chi connectivity index (χ2n) is 9.58. The summed E-state index contributed by atoms with van der Waals surface area (Å²) < 4.78 is 0. The van der Waals surface area contributed by atoms with Crippen molar-refractivity contribution >= 4 is 17.8 Å². The Labute approximate surface area is 173 Å².